The number of aromatic amines is 1. The standard InChI is InChI=1S/C6H8N4O5/c7-4(6(12)13)5(11)2-1-3(9-8-2)10(14)15/h1,4-5,11H,7H2,(H,8,9)(H,12,13). The summed E-state index contributed by atoms with van der Waals surface area (Å²) in [4.78, 5) is 19.9. The van der Waals surface area contributed by atoms with Crippen LogP contribution < -0.4 is 5.73 Å². The molecule has 15 heavy (non-hydrogen) atoms. The number of nitro groups is 1. The summed E-state index contributed by atoms with van der Waals surface area (Å²) in [5, 5.41) is 33.5. The second-order valence-corrected chi connectivity index (χ2v) is 2.74. The van der Waals surface area contributed by atoms with Gasteiger partial charge in [-0.1, -0.05) is 5.10 Å². The monoisotopic (exact) mass is 216 g/mol. The lowest BCUT2D eigenvalue weighted by Gasteiger charge is -2.10. The number of aliphatic hydroxyl groups is 1. The molecule has 0 fully saturated rings. The molecule has 0 saturated carbocycles. The fourth-order valence-corrected chi connectivity index (χ4v) is 0.891. The maximum atomic E-state index is 10.4. The van der Waals surface area contributed by atoms with Crippen LogP contribution in [-0.4, -0.2) is 37.3 Å². The highest BCUT2D eigenvalue weighted by molar-refractivity contribution is 5.74. The van der Waals surface area contributed by atoms with E-state index in [1.54, 1.807) is 0 Å². The highest BCUT2D eigenvalue weighted by Gasteiger charge is 2.27. The van der Waals surface area contributed by atoms with Crippen LogP contribution in [0.25, 0.3) is 0 Å². The molecule has 0 amide bonds. The lowest BCUT2D eigenvalue weighted by Crippen LogP contribution is -2.36. The number of nitrogens with zero attached hydrogens (tertiary/aromatic N) is 2. The first-order chi connectivity index (χ1) is 6.93. The Hall–Kier alpha value is -2.00. The molecule has 1 rings (SSSR count). The Labute approximate surface area is 82.7 Å². The van der Waals surface area contributed by atoms with Crippen molar-refractivity contribution in [1.29, 1.82) is 0 Å². The van der Waals surface area contributed by atoms with Crippen molar-refractivity contribution in [2.45, 2.75) is 12.1 Å². The number of aliphatic hydroxyl groups excluding tert-OH is 1. The zero-order valence-electron chi connectivity index (χ0n) is 7.32. The quantitative estimate of drug-likeness (QED) is 0.362. The van der Waals surface area contributed by atoms with Crippen LogP contribution in [0, 0.1) is 10.1 Å². The van der Waals surface area contributed by atoms with Gasteiger partial charge in [0.1, 0.15) is 17.8 Å². The van der Waals surface area contributed by atoms with Gasteiger partial charge in [-0.3, -0.25) is 4.79 Å². The molecule has 0 saturated heterocycles. The summed E-state index contributed by atoms with van der Waals surface area (Å²) < 4.78 is 0. The minimum atomic E-state index is -1.59. The average molecular weight is 216 g/mol. The maximum absolute atomic E-state index is 10.4. The van der Waals surface area contributed by atoms with Crippen LogP contribution in [0.3, 0.4) is 0 Å². The highest BCUT2D eigenvalue weighted by Crippen LogP contribution is 2.17. The Bertz CT molecular complexity index is 389. The summed E-state index contributed by atoms with van der Waals surface area (Å²) in [6.45, 7) is 0. The summed E-state index contributed by atoms with van der Waals surface area (Å²) in [6.07, 6.45) is -1.59. The number of hydrogen-bond donors (Lipinski definition) is 4. The smallest absolute Gasteiger partial charge is 0.342 e. The third-order valence-electron chi connectivity index (χ3n) is 1.71. The summed E-state index contributed by atoms with van der Waals surface area (Å²) >= 11 is 0. The number of nitrogens with one attached hydrogen (secondary N) is 1. The SMILES string of the molecule is NC(C(=O)O)C(O)c1cc([N+](=O)[O-])[nH]n1. The van der Waals surface area contributed by atoms with Crippen molar-refractivity contribution in [3.05, 3.63) is 21.9 Å². The molecular formula is C6H8N4O5. The summed E-state index contributed by atoms with van der Waals surface area (Å²) in [5.74, 6) is -1.87. The largest absolute Gasteiger partial charge is 0.480 e. The van der Waals surface area contributed by atoms with Crippen molar-refractivity contribution in [2.24, 2.45) is 5.73 Å². The fraction of sp³-hybridized carbons (Fsp3) is 0.333. The minimum absolute atomic E-state index is 0.184. The molecule has 9 nitrogen and oxygen atoms in total. The van der Waals surface area contributed by atoms with Crippen LogP contribution in [0.2, 0.25) is 0 Å². The number of nitrogens with two attached hydrogens (primary N) is 1. The molecular weight excluding hydrogens is 208 g/mol. The van der Waals surface area contributed by atoms with Crippen LogP contribution in [-0.2, 0) is 4.79 Å². The lowest BCUT2D eigenvalue weighted by molar-refractivity contribution is -0.389. The van der Waals surface area contributed by atoms with Gasteiger partial charge in [-0.15, -0.1) is 5.10 Å². The Morgan fingerprint density at radius 1 is 1.73 bits per heavy atom. The van der Waals surface area contributed by atoms with E-state index in [-0.39, 0.29) is 5.69 Å². The molecule has 0 aliphatic heterocycles. The number of carboxylic acids is 1. The normalized spacial score (nSPS) is 14.5. The van der Waals surface area contributed by atoms with Crippen molar-refractivity contribution in [1.82, 2.24) is 10.2 Å². The second-order valence-electron chi connectivity index (χ2n) is 2.74. The topological polar surface area (TPSA) is 155 Å². The van der Waals surface area contributed by atoms with E-state index in [0.717, 1.165) is 6.07 Å². The van der Waals surface area contributed by atoms with E-state index in [1.165, 1.54) is 0 Å². The average Bonchev–Trinajstić information content (AvgIpc) is 2.64. The number of rotatable bonds is 4. The predicted octanol–water partition coefficient (Wildman–Crippen LogP) is -1.24. The van der Waals surface area contributed by atoms with Crippen LogP contribution in [0.5, 0.6) is 0 Å². The van der Waals surface area contributed by atoms with Gasteiger partial charge in [-0.05, 0) is 4.92 Å². The first-order valence-electron chi connectivity index (χ1n) is 3.79. The van der Waals surface area contributed by atoms with E-state index >= 15 is 0 Å². The van der Waals surface area contributed by atoms with E-state index in [2.05, 4.69) is 5.10 Å². The molecule has 9 heteroatoms. The number of aliphatic carboxylic acids is 1. The molecule has 0 aliphatic rings. The van der Waals surface area contributed by atoms with E-state index in [9.17, 15) is 20.0 Å². The van der Waals surface area contributed by atoms with Crippen molar-refractivity contribution in [3.63, 3.8) is 0 Å². The first kappa shape index (κ1) is 11.1. The van der Waals surface area contributed by atoms with Gasteiger partial charge in [0.05, 0.1) is 6.07 Å². The molecule has 5 N–H and O–H groups in total. The van der Waals surface area contributed by atoms with Gasteiger partial charge in [0.25, 0.3) is 0 Å². The molecule has 2 atom stereocenters. The molecule has 0 aliphatic carbocycles. The zero-order chi connectivity index (χ0) is 11.6. The van der Waals surface area contributed by atoms with Crippen LogP contribution in [0.15, 0.2) is 6.07 Å². The summed E-state index contributed by atoms with van der Waals surface area (Å²) in [7, 11) is 0. The molecule has 82 valence electrons. The maximum Gasteiger partial charge on any atom is 0.342 e. The molecule has 0 bridgehead atoms. The Morgan fingerprint density at radius 3 is 2.73 bits per heavy atom. The van der Waals surface area contributed by atoms with E-state index < -0.39 is 28.9 Å². The first-order valence-corrected chi connectivity index (χ1v) is 3.79. The number of carboxylic acid groups (broad SMARTS) is 1. The number of H-pyrrole nitrogens is 1. The molecule has 1 aromatic rings. The molecule has 0 radical (unpaired) electrons. The molecule has 1 aromatic heterocycles. The number of aromatic nitrogens is 2. The van der Waals surface area contributed by atoms with Gasteiger partial charge < -0.3 is 26.1 Å². The van der Waals surface area contributed by atoms with Crippen molar-refractivity contribution >= 4 is 11.8 Å². The van der Waals surface area contributed by atoms with Crippen molar-refractivity contribution in [3.8, 4) is 0 Å². The lowest BCUT2D eigenvalue weighted by atomic mass is 10.1. The Morgan fingerprint density at radius 2 is 2.33 bits per heavy atom. The summed E-state index contributed by atoms with van der Waals surface area (Å²) in [6, 6.07) is -0.652. The van der Waals surface area contributed by atoms with E-state index in [4.69, 9.17) is 10.8 Å². The number of hydrogen-bond acceptors (Lipinski definition) is 6. The fourth-order valence-electron chi connectivity index (χ4n) is 0.891. The van der Waals surface area contributed by atoms with Crippen molar-refractivity contribution in [2.75, 3.05) is 0 Å². The highest BCUT2D eigenvalue weighted by atomic mass is 16.6. The van der Waals surface area contributed by atoms with Crippen molar-refractivity contribution < 1.29 is 19.9 Å². The second kappa shape index (κ2) is 4.02. The number of carbonyl (C=O) groups is 1. The molecule has 1 heterocycles. The van der Waals surface area contributed by atoms with Crippen LogP contribution >= 0.6 is 0 Å². The summed E-state index contributed by atoms with van der Waals surface area (Å²) in [5.41, 5.74) is 4.92. The van der Waals surface area contributed by atoms with E-state index in [1.807, 2.05) is 5.10 Å². The van der Waals surface area contributed by atoms with Gasteiger partial charge in [0, 0.05) is 0 Å². The third kappa shape index (κ3) is 2.27. The van der Waals surface area contributed by atoms with Gasteiger partial charge in [0.15, 0.2) is 0 Å². The molecule has 2 unspecified atom stereocenters. The van der Waals surface area contributed by atoms with Crippen LogP contribution in [0.1, 0.15) is 11.8 Å². The third-order valence-corrected chi connectivity index (χ3v) is 1.71. The van der Waals surface area contributed by atoms with Gasteiger partial charge in [0.2, 0.25) is 0 Å². The predicted molar refractivity (Wildman–Crippen MR) is 45.8 cm³/mol. The zero-order valence-corrected chi connectivity index (χ0v) is 7.32. The molecule has 0 spiro atoms. The Kier molecular flexibility index (Phi) is 2.97. The minimum Gasteiger partial charge on any atom is -0.480 e. The molecule has 0 aromatic carbocycles. The van der Waals surface area contributed by atoms with E-state index in [0.29, 0.717) is 0 Å². The van der Waals surface area contributed by atoms with Gasteiger partial charge >= 0.3 is 11.8 Å². The van der Waals surface area contributed by atoms with Gasteiger partial charge in [-0.2, -0.15) is 0 Å². The van der Waals surface area contributed by atoms with Crippen LogP contribution in [0.4, 0.5) is 5.82 Å². The Balaban J connectivity index is 2.87. The van der Waals surface area contributed by atoms with Gasteiger partial charge in [-0.25, -0.2) is 0 Å².